The lowest BCUT2D eigenvalue weighted by molar-refractivity contribution is -0.169. The van der Waals surface area contributed by atoms with Gasteiger partial charge < -0.3 is 53.3 Å². The first kappa shape index (κ1) is 71.3. The van der Waals surface area contributed by atoms with Crippen LogP contribution in [0.15, 0.2) is 48.5 Å². The summed E-state index contributed by atoms with van der Waals surface area (Å²) in [6, 6.07) is 12.7. The minimum Gasteiger partial charge on any atom is -0.453 e. The molecule has 2 heterocycles. The van der Waals surface area contributed by atoms with Gasteiger partial charge in [0.05, 0.1) is 26.4 Å². The van der Waals surface area contributed by atoms with E-state index in [-0.39, 0.29) is 48.1 Å². The molecule has 2 fully saturated rings. The van der Waals surface area contributed by atoms with Crippen molar-refractivity contribution in [1.82, 2.24) is 20.0 Å². The van der Waals surface area contributed by atoms with Crippen LogP contribution in [-0.4, -0.2) is 198 Å². The predicted octanol–water partition coefficient (Wildman–Crippen LogP) is 6.35. The van der Waals surface area contributed by atoms with Crippen LogP contribution < -0.4 is 15.1 Å². The summed E-state index contributed by atoms with van der Waals surface area (Å²) >= 11 is 0. The molecule has 466 valence electrons. The SMILES string of the molecule is CC(=O)[C@@H](C)OC(=O)[C@H](CC(C)C)N(C)C(=O)[C@@H](Cc1ccc(N2CCOCC2)cc1)OC(=O)[C@H](CC(C)C)N(C)C.CN[C@@H](CC(C)C)C(=O)O[C@H](Cc1ccc(N2CCOCC2)cc1)C(=O)N(C)[C@@H](CC(C)C)C(=O)O[C@H](C)C(C)=O. The summed E-state index contributed by atoms with van der Waals surface area (Å²) < 4.78 is 33.5. The van der Waals surface area contributed by atoms with Crippen LogP contribution in [0.5, 0.6) is 0 Å². The largest absolute Gasteiger partial charge is 0.453 e. The molecule has 0 bridgehead atoms. The quantitative estimate of drug-likeness (QED) is 0.0665. The third kappa shape index (κ3) is 23.9. The number of hydrogen-bond donors (Lipinski definition) is 1. The molecule has 0 aromatic heterocycles. The van der Waals surface area contributed by atoms with E-state index in [1.807, 2.05) is 118 Å². The molecule has 8 atom stereocenters. The third-order valence-electron chi connectivity index (χ3n) is 14.8. The Hall–Kier alpha value is -5.96. The number of carbonyl (C=O) groups excluding carboxylic acids is 8. The Morgan fingerprint density at radius 3 is 1.08 bits per heavy atom. The van der Waals surface area contributed by atoms with Crippen molar-refractivity contribution in [1.29, 1.82) is 0 Å². The van der Waals surface area contributed by atoms with E-state index in [4.69, 9.17) is 28.4 Å². The zero-order valence-electron chi connectivity index (χ0n) is 52.9. The monoisotopic (exact) mass is 1160 g/mol. The minimum absolute atomic E-state index is 0.0586. The van der Waals surface area contributed by atoms with Crippen molar-refractivity contribution >= 4 is 58.6 Å². The average molecular weight is 1170 g/mol. The van der Waals surface area contributed by atoms with E-state index < -0.39 is 84.3 Å². The Labute approximate surface area is 494 Å². The van der Waals surface area contributed by atoms with Crippen molar-refractivity contribution in [3.8, 4) is 0 Å². The molecular weight excluding hydrogens is 1060 g/mol. The average Bonchev–Trinajstić information content (AvgIpc) is 3.64. The van der Waals surface area contributed by atoms with E-state index in [0.29, 0.717) is 52.1 Å². The van der Waals surface area contributed by atoms with Crippen molar-refractivity contribution in [2.75, 3.05) is 97.6 Å². The first-order valence-corrected chi connectivity index (χ1v) is 29.6. The van der Waals surface area contributed by atoms with Gasteiger partial charge in [0.15, 0.2) is 36.0 Å². The fourth-order valence-electron chi connectivity index (χ4n) is 9.48. The second-order valence-electron chi connectivity index (χ2n) is 23.9. The summed E-state index contributed by atoms with van der Waals surface area (Å²) in [7, 11) is 8.35. The lowest BCUT2D eigenvalue weighted by Crippen LogP contribution is -2.51. The molecule has 2 aromatic rings. The van der Waals surface area contributed by atoms with Crippen LogP contribution in [-0.2, 0) is 79.6 Å². The minimum atomic E-state index is -1.16. The third-order valence-corrected chi connectivity index (χ3v) is 14.8. The maximum atomic E-state index is 14.0. The fraction of sp³-hybridized carbons (Fsp3) is 0.683. The summed E-state index contributed by atoms with van der Waals surface area (Å²) in [5.74, 6) is -3.32. The lowest BCUT2D eigenvalue weighted by Gasteiger charge is -2.32. The molecule has 2 amide bonds. The molecule has 0 radical (unpaired) electrons. The first-order chi connectivity index (χ1) is 39.0. The molecule has 2 aromatic carbocycles. The van der Waals surface area contributed by atoms with E-state index in [1.54, 1.807) is 11.9 Å². The molecule has 2 aliphatic heterocycles. The van der Waals surface area contributed by atoms with Crippen LogP contribution in [0.25, 0.3) is 0 Å². The standard InChI is InChI=1S/C32H51N3O7.C31H49N3O7/c1-21(2)18-27(33(7)8)31(38)42-29(20-25-10-12-26(13-11-25)35-14-16-40-17-15-35)30(37)34(9)28(19-22(3)4)32(39)41-24(6)23(5)36;1-20(2)17-26(32-7)30(37)41-28(19-24-9-11-25(12-10-24)34-13-15-39-16-14-34)29(36)33(8)27(18-21(3)4)31(38)40-23(6)22(5)35/h10-13,21-22,24,27-29H,14-20H2,1-9H3;9-12,20-21,23,26-28,32H,13-19H2,1-8H3/t24-,27+,28+,29-;23-,26+,27+,28-/m11/s1. The van der Waals surface area contributed by atoms with Gasteiger partial charge in [0, 0.05) is 64.5 Å². The Morgan fingerprint density at radius 2 is 0.783 bits per heavy atom. The van der Waals surface area contributed by atoms with Crippen LogP contribution in [0.4, 0.5) is 11.4 Å². The number of nitrogens with one attached hydrogen (secondary N) is 1. The van der Waals surface area contributed by atoms with E-state index in [9.17, 15) is 38.4 Å². The zero-order valence-corrected chi connectivity index (χ0v) is 52.9. The smallest absolute Gasteiger partial charge is 0.329 e. The fourth-order valence-corrected chi connectivity index (χ4v) is 9.48. The summed E-state index contributed by atoms with van der Waals surface area (Å²) in [6.07, 6.45) is -2.10. The highest BCUT2D eigenvalue weighted by Crippen LogP contribution is 2.24. The number of esters is 4. The number of ether oxygens (including phenoxy) is 6. The lowest BCUT2D eigenvalue weighted by atomic mass is 10.0. The van der Waals surface area contributed by atoms with Crippen LogP contribution in [0, 0.1) is 23.7 Å². The van der Waals surface area contributed by atoms with Crippen molar-refractivity contribution in [2.45, 2.75) is 170 Å². The topological polar surface area (TPSA) is 220 Å². The number of morpholine rings is 2. The maximum absolute atomic E-state index is 14.0. The highest BCUT2D eigenvalue weighted by Gasteiger charge is 2.39. The molecular formula is C63H100N6O14. The van der Waals surface area contributed by atoms with Gasteiger partial charge in [0.1, 0.15) is 24.2 Å². The van der Waals surface area contributed by atoms with Crippen molar-refractivity contribution in [3.63, 3.8) is 0 Å². The normalized spacial score (nSPS) is 16.6. The summed E-state index contributed by atoms with van der Waals surface area (Å²) in [5.41, 5.74) is 3.76. The molecule has 4 rings (SSSR count). The van der Waals surface area contributed by atoms with Crippen LogP contribution in [0.3, 0.4) is 0 Å². The van der Waals surface area contributed by atoms with Gasteiger partial charge in [-0.3, -0.25) is 33.7 Å². The van der Waals surface area contributed by atoms with Gasteiger partial charge in [-0.15, -0.1) is 0 Å². The van der Waals surface area contributed by atoms with Crippen molar-refractivity contribution in [3.05, 3.63) is 59.7 Å². The van der Waals surface area contributed by atoms with Gasteiger partial charge in [0.25, 0.3) is 11.8 Å². The van der Waals surface area contributed by atoms with Gasteiger partial charge in [-0.1, -0.05) is 79.7 Å². The van der Waals surface area contributed by atoms with E-state index in [2.05, 4.69) is 15.1 Å². The number of amides is 2. The van der Waals surface area contributed by atoms with Gasteiger partial charge >= 0.3 is 23.9 Å². The molecule has 0 unspecified atom stereocenters. The second kappa shape index (κ2) is 35.4. The highest BCUT2D eigenvalue weighted by atomic mass is 16.6. The second-order valence-corrected chi connectivity index (χ2v) is 23.9. The molecule has 20 nitrogen and oxygen atoms in total. The van der Waals surface area contributed by atoms with Crippen LogP contribution in [0.2, 0.25) is 0 Å². The Morgan fingerprint density at radius 1 is 0.470 bits per heavy atom. The number of Topliss-reactive ketones (excluding diaryl/α,β-unsaturated/α-hetero) is 2. The van der Waals surface area contributed by atoms with Crippen LogP contribution in [0.1, 0.15) is 120 Å². The molecule has 1 N–H and O–H groups in total. The number of likely N-dealkylation sites (N-methyl/N-ethyl adjacent to an activating group) is 4. The number of ketones is 2. The predicted molar refractivity (Wildman–Crippen MR) is 320 cm³/mol. The summed E-state index contributed by atoms with van der Waals surface area (Å²) in [4.78, 5) is 113. The Balaban J connectivity index is 0.000000435. The van der Waals surface area contributed by atoms with E-state index in [1.165, 1.54) is 51.6 Å². The van der Waals surface area contributed by atoms with E-state index in [0.717, 1.165) is 48.7 Å². The highest BCUT2D eigenvalue weighted by molar-refractivity contribution is 5.92. The Bertz CT molecular complexity index is 2370. The summed E-state index contributed by atoms with van der Waals surface area (Å²) in [5, 5.41) is 2.99. The van der Waals surface area contributed by atoms with Gasteiger partial charge in [0.2, 0.25) is 0 Å². The Kier molecular flexibility index (Phi) is 30.4. The number of benzene rings is 2. The molecule has 83 heavy (non-hydrogen) atoms. The molecule has 20 heteroatoms. The van der Waals surface area contributed by atoms with Crippen molar-refractivity contribution in [2.24, 2.45) is 23.7 Å². The molecule has 0 spiro atoms. The first-order valence-electron chi connectivity index (χ1n) is 29.6. The number of carbonyl (C=O) groups is 8. The molecule has 2 aliphatic rings. The van der Waals surface area contributed by atoms with Crippen LogP contribution >= 0.6 is 0 Å². The molecule has 0 aliphatic carbocycles. The zero-order chi connectivity index (χ0) is 62.2. The molecule has 0 saturated carbocycles. The van der Waals surface area contributed by atoms with E-state index >= 15 is 0 Å². The number of nitrogens with zero attached hydrogens (tertiary/aromatic N) is 5. The summed E-state index contributed by atoms with van der Waals surface area (Å²) in [6.45, 7) is 27.5. The van der Waals surface area contributed by atoms with Gasteiger partial charge in [-0.25, -0.2) is 9.59 Å². The van der Waals surface area contributed by atoms with Gasteiger partial charge in [-0.2, -0.15) is 0 Å². The van der Waals surface area contributed by atoms with Gasteiger partial charge in [-0.05, 0) is 134 Å². The number of rotatable bonds is 30. The molecule has 2 saturated heterocycles. The number of hydrogen-bond acceptors (Lipinski definition) is 18. The van der Waals surface area contributed by atoms with Crippen molar-refractivity contribution < 1.29 is 66.8 Å². The number of anilines is 2. The maximum Gasteiger partial charge on any atom is 0.329 e.